The van der Waals surface area contributed by atoms with Crippen LogP contribution in [-0.2, 0) is 9.47 Å². The van der Waals surface area contributed by atoms with E-state index in [1.54, 1.807) is 12.1 Å². The minimum absolute atomic E-state index is 0. The second-order valence-corrected chi connectivity index (χ2v) is 8.04. The highest BCUT2D eigenvalue weighted by Crippen LogP contribution is 2.20. The van der Waals surface area contributed by atoms with Crippen LogP contribution in [-0.4, -0.2) is 57.2 Å². The molecule has 2 rings (SSSR count). The molecule has 0 saturated carbocycles. The minimum Gasteiger partial charge on any atom is -1.00 e. The number of quaternary nitrogens is 1. The summed E-state index contributed by atoms with van der Waals surface area (Å²) in [5, 5.41) is 0. The average molecular weight is 511 g/mol. The normalized spacial score (nSPS) is 16.5. The molecule has 8 heteroatoms. The lowest BCUT2D eigenvalue weighted by molar-refractivity contribution is -0.756. The molecule has 0 amide bonds. The SMILES string of the molecule is COC(=O)c1cc(OCCCCCCCCCC[N+]2(C)C=CN=C2)cc(C(=O)OC)c1.[Br-]. The van der Waals surface area contributed by atoms with Crippen LogP contribution in [0.25, 0.3) is 0 Å². The first-order chi connectivity index (χ1) is 15.0. The van der Waals surface area contributed by atoms with Crippen molar-refractivity contribution in [1.29, 1.82) is 0 Å². The zero-order chi connectivity index (χ0) is 22.5. The molecule has 1 aliphatic rings. The van der Waals surface area contributed by atoms with E-state index in [0.29, 0.717) is 12.4 Å². The van der Waals surface area contributed by atoms with Crippen molar-refractivity contribution in [2.24, 2.45) is 4.99 Å². The van der Waals surface area contributed by atoms with Crippen molar-refractivity contribution >= 4 is 18.3 Å². The minimum atomic E-state index is -0.517. The Bertz CT molecular complexity index is 748. The molecule has 1 aromatic carbocycles. The summed E-state index contributed by atoms with van der Waals surface area (Å²) in [6, 6.07) is 4.62. The van der Waals surface area contributed by atoms with E-state index in [2.05, 4.69) is 18.2 Å². The van der Waals surface area contributed by atoms with Crippen molar-refractivity contribution in [2.75, 3.05) is 34.4 Å². The Kier molecular flexibility index (Phi) is 12.9. The summed E-state index contributed by atoms with van der Waals surface area (Å²) in [5.41, 5.74) is 0.536. The molecule has 7 nitrogen and oxygen atoms in total. The number of aliphatic imine (C=N–C) groups is 1. The number of benzene rings is 1. The van der Waals surface area contributed by atoms with Crippen molar-refractivity contribution < 1.29 is 45.3 Å². The van der Waals surface area contributed by atoms with Crippen molar-refractivity contribution in [3.8, 4) is 5.75 Å². The van der Waals surface area contributed by atoms with Crippen LogP contribution in [0.3, 0.4) is 0 Å². The number of halogens is 1. The fraction of sp³-hybridized carbons (Fsp3) is 0.542. The maximum absolute atomic E-state index is 11.8. The molecule has 0 bridgehead atoms. The van der Waals surface area contributed by atoms with Crippen LogP contribution in [0.15, 0.2) is 35.6 Å². The van der Waals surface area contributed by atoms with E-state index >= 15 is 0 Å². The molecule has 0 aromatic heterocycles. The second-order valence-electron chi connectivity index (χ2n) is 8.04. The number of esters is 2. The smallest absolute Gasteiger partial charge is 0.338 e. The molecule has 1 heterocycles. The molecule has 1 atom stereocenters. The van der Waals surface area contributed by atoms with Gasteiger partial charge in [-0.05, 0) is 37.5 Å². The van der Waals surface area contributed by atoms with Gasteiger partial charge in [-0.25, -0.2) is 14.6 Å². The van der Waals surface area contributed by atoms with Gasteiger partial charge in [0.1, 0.15) is 11.9 Å². The zero-order valence-corrected chi connectivity index (χ0v) is 20.9. The molecule has 178 valence electrons. The first-order valence-corrected chi connectivity index (χ1v) is 11.0. The number of hydrogen-bond acceptors (Lipinski definition) is 6. The van der Waals surface area contributed by atoms with E-state index in [1.165, 1.54) is 58.8 Å². The van der Waals surface area contributed by atoms with Crippen LogP contribution < -0.4 is 21.7 Å². The van der Waals surface area contributed by atoms with Gasteiger partial charge >= 0.3 is 11.9 Å². The van der Waals surface area contributed by atoms with Crippen molar-refractivity contribution in [3.63, 3.8) is 0 Å². The Morgan fingerprint density at radius 1 is 0.844 bits per heavy atom. The van der Waals surface area contributed by atoms with Gasteiger partial charge in [0.25, 0.3) is 0 Å². The van der Waals surface area contributed by atoms with Gasteiger partial charge in [0.15, 0.2) is 6.34 Å². The maximum Gasteiger partial charge on any atom is 0.338 e. The molecule has 0 radical (unpaired) electrons. The summed E-state index contributed by atoms with van der Waals surface area (Å²) in [7, 11) is 4.78. The lowest BCUT2D eigenvalue weighted by Crippen LogP contribution is -3.00. The molecule has 0 aliphatic carbocycles. The third-order valence-electron chi connectivity index (χ3n) is 5.38. The van der Waals surface area contributed by atoms with E-state index in [-0.39, 0.29) is 28.1 Å². The third-order valence-corrected chi connectivity index (χ3v) is 5.38. The Labute approximate surface area is 201 Å². The number of ether oxygens (including phenoxy) is 3. The summed E-state index contributed by atoms with van der Waals surface area (Å²) in [4.78, 5) is 27.8. The number of hydrogen-bond donors (Lipinski definition) is 0. The predicted molar refractivity (Wildman–Crippen MR) is 120 cm³/mol. The Morgan fingerprint density at radius 2 is 1.38 bits per heavy atom. The third kappa shape index (κ3) is 9.53. The molecule has 1 unspecified atom stereocenters. The summed E-state index contributed by atoms with van der Waals surface area (Å²) >= 11 is 0. The molecule has 1 aliphatic heterocycles. The topological polar surface area (TPSA) is 74.2 Å². The summed E-state index contributed by atoms with van der Waals surface area (Å²) < 4.78 is 16.1. The van der Waals surface area contributed by atoms with E-state index in [0.717, 1.165) is 23.9 Å². The predicted octanol–water partition coefficient (Wildman–Crippen LogP) is 1.72. The molecule has 1 aromatic rings. The standard InChI is InChI=1S/C24H35N2O5.BrH/c1-26(14-12-25-19-26)13-10-8-6-4-5-7-9-11-15-31-22-17-20(23(27)29-2)16-21(18-22)24(28)30-3;/h12,14,16-19H,4-11,13,15H2,1-3H3;1H/q+1;/p-1. The fourth-order valence-corrected chi connectivity index (χ4v) is 3.51. The van der Waals surface area contributed by atoms with Gasteiger partial charge < -0.3 is 31.2 Å². The van der Waals surface area contributed by atoms with E-state index in [4.69, 9.17) is 14.2 Å². The number of carbonyl (C=O) groups excluding carboxylic acids is 2. The first-order valence-electron chi connectivity index (χ1n) is 11.0. The molecular weight excluding hydrogens is 476 g/mol. The quantitative estimate of drug-likeness (QED) is 0.216. The van der Waals surface area contributed by atoms with Crippen LogP contribution in [0.4, 0.5) is 0 Å². The number of nitrogens with zero attached hydrogens (tertiary/aromatic N) is 2. The summed E-state index contributed by atoms with van der Waals surface area (Å²) in [6.07, 6.45) is 15.4. The molecule has 0 spiro atoms. The number of methoxy groups -OCH3 is 2. The van der Waals surface area contributed by atoms with Gasteiger partial charge in [-0.2, -0.15) is 0 Å². The van der Waals surface area contributed by atoms with Crippen LogP contribution in [0, 0.1) is 0 Å². The van der Waals surface area contributed by atoms with E-state index in [1.807, 2.05) is 12.5 Å². The first kappa shape index (κ1) is 27.8. The highest BCUT2D eigenvalue weighted by Gasteiger charge is 2.18. The van der Waals surface area contributed by atoms with Crippen LogP contribution in [0.2, 0.25) is 0 Å². The van der Waals surface area contributed by atoms with Gasteiger partial charge in [-0.3, -0.25) is 4.48 Å². The number of rotatable bonds is 14. The summed E-state index contributed by atoms with van der Waals surface area (Å²) in [6.45, 7) is 1.66. The highest BCUT2D eigenvalue weighted by molar-refractivity contribution is 5.96. The summed E-state index contributed by atoms with van der Waals surface area (Å²) in [5.74, 6) is -0.564. The Hall–Kier alpha value is -2.19. The Morgan fingerprint density at radius 3 is 1.88 bits per heavy atom. The second kappa shape index (κ2) is 14.8. The van der Waals surface area contributed by atoms with Gasteiger partial charge in [0.2, 0.25) is 0 Å². The molecule has 0 fully saturated rings. The van der Waals surface area contributed by atoms with Crippen LogP contribution in [0.5, 0.6) is 5.75 Å². The lowest BCUT2D eigenvalue weighted by Gasteiger charge is -2.21. The lowest BCUT2D eigenvalue weighted by atomic mass is 10.1. The zero-order valence-electron chi connectivity index (χ0n) is 19.3. The van der Waals surface area contributed by atoms with Gasteiger partial charge in [0.05, 0.1) is 51.7 Å². The van der Waals surface area contributed by atoms with Crippen LogP contribution >= 0.6 is 0 Å². The molecular formula is C24H35BrN2O5. The van der Waals surface area contributed by atoms with E-state index in [9.17, 15) is 9.59 Å². The maximum atomic E-state index is 11.8. The van der Waals surface area contributed by atoms with E-state index < -0.39 is 11.9 Å². The van der Waals surface area contributed by atoms with Crippen LogP contribution in [0.1, 0.15) is 72.1 Å². The fourth-order valence-electron chi connectivity index (χ4n) is 3.51. The molecule has 0 N–H and O–H groups in total. The molecule has 0 saturated heterocycles. The van der Waals surface area contributed by atoms with Crippen molar-refractivity contribution in [2.45, 2.75) is 51.4 Å². The average Bonchev–Trinajstić information content (AvgIpc) is 3.22. The number of carbonyl (C=O) groups is 2. The van der Waals surface area contributed by atoms with Crippen molar-refractivity contribution in [3.05, 3.63) is 41.7 Å². The monoisotopic (exact) mass is 510 g/mol. The Balaban J connectivity index is 0.00000512. The largest absolute Gasteiger partial charge is 1.00 e. The highest BCUT2D eigenvalue weighted by atomic mass is 79.9. The van der Waals surface area contributed by atoms with Gasteiger partial charge in [-0.15, -0.1) is 0 Å². The van der Waals surface area contributed by atoms with Crippen molar-refractivity contribution in [1.82, 2.24) is 0 Å². The van der Waals surface area contributed by atoms with Gasteiger partial charge in [-0.1, -0.05) is 32.1 Å². The van der Waals surface area contributed by atoms with Gasteiger partial charge in [0, 0.05) is 0 Å². The molecule has 32 heavy (non-hydrogen) atoms. The number of unbranched alkanes of at least 4 members (excludes halogenated alkanes) is 7.